The predicted molar refractivity (Wildman–Crippen MR) is 94.6 cm³/mol. The third-order valence-corrected chi connectivity index (χ3v) is 10.0. The number of nitrogens with one attached hydrogen (secondary N) is 1. The summed E-state index contributed by atoms with van der Waals surface area (Å²) in [6.07, 6.45) is 18.3. The van der Waals surface area contributed by atoms with E-state index in [2.05, 4.69) is 43.1 Å². The van der Waals surface area contributed by atoms with E-state index < -0.39 is 7.26 Å². The minimum absolute atomic E-state index is 0.832. The molecule has 1 aromatic heterocycles. The van der Waals surface area contributed by atoms with Gasteiger partial charge in [-0.2, -0.15) is 0 Å². The fourth-order valence-electron chi connectivity index (χ4n) is 2.73. The zero-order valence-corrected chi connectivity index (χ0v) is 15.1. The summed E-state index contributed by atoms with van der Waals surface area (Å²) in [4.78, 5) is 0. The molecule has 20 heavy (non-hydrogen) atoms. The second-order valence-corrected chi connectivity index (χ2v) is 11.0. The Morgan fingerprint density at radius 2 is 1.35 bits per heavy atom. The molecule has 1 N–H and O–H groups in total. The summed E-state index contributed by atoms with van der Waals surface area (Å²) >= 11 is 0. The van der Waals surface area contributed by atoms with Crippen LogP contribution in [0, 0.1) is 0 Å². The normalized spacial score (nSPS) is 11.8. The van der Waals surface area contributed by atoms with E-state index in [-0.39, 0.29) is 0 Å². The fourth-order valence-corrected chi connectivity index (χ4v) is 7.85. The van der Waals surface area contributed by atoms with E-state index in [0.717, 1.165) is 0 Å². The zero-order valence-electron chi connectivity index (χ0n) is 14.1. The van der Waals surface area contributed by atoms with Gasteiger partial charge in [-0.05, 0) is 0 Å². The van der Waals surface area contributed by atoms with Crippen LogP contribution in [0.3, 0.4) is 0 Å². The summed E-state index contributed by atoms with van der Waals surface area (Å²) in [5, 5.41) is 9.26. The first-order valence-corrected chi connectivity index (χ1v) is 11.4. The first-order chi connectivity index (χ1) is 9.74. The molecule has 0 amide bonds. The number of nitrogens with zero attached hydrogens (tertiary/aromatic N) is 2. The van der Waals surface area contributed by atoms with E-state index in [4.69, 9.17) is 0 Å². The van der Waals surface area contributed by atoms with Crippen molar-refractivity contribution in [2.24, 2.45) is 0 Å². The van der Waals surface area contributed by atoms with Crippen molar-refractivity contribution in [1.82, 2.24) is 15.4 Å². The Labute approximate surface area is 126 Å². The fraction of sp³-hybridized carbons (Fsp3) is 0.875. The molecule has 0 radical (unpaired) electrons. The molecule has 0 unspecified atom stereocenters. The first-order valence-electron chi connectivity index (χ1n) is 8.55. The molecule has 1 rings (SSSR count). The van der Waals surface area contributed by atoms with Crippen LogP contribution in [0.25, 0.3) is 0 Å². The number of hydrogen-bond acceptors (Lipinski definition) is 2. The molecule has 1 aromatic rings. The van der Waals surface area contributed by atoms with E-state index in [9.17, 15) is 0 Å². The van der Waals surface area contributed by atoms with Crippen molar-refractivity contribution in [2.75, 3.05) is 24.6 Å². The van der Waals surface area contributed by atoms with E-state index in [1.54, 1.807) is 30.9 Å². The van der Waals surface area contributed by atoms with Gasteiger partial charge < -0.3 is 0 Å². The van der Waals surface area contributed by atoms with Gasteiger partial charge >= 0.3 is 98.1 Å². The Kier molecular flexibility index (Phi) is 13.3. The number of hydrogen-bond donors (Lipinski definition) is 1. The minimum Gasteiger partial charge on any atom is -0.266 e. The molecule has 3 nitrogen and oxygen atoms in total. The number of aromatic amines is 1. The number of rotatable bonds is 10. The second-order valence-electron chi connectivity index (χ2n) is 5.82. The maximum absolute atomic E-state index is 3.42. The van der Waals surface area contributed by atoms with Gasteiger partial charge in [-0.15, -0.1) is 5.10 Å². The minimum atomic E-state index is -0.832. The quantitative estimate of drug-likeness (QED) is 0.620. The molecule has 0 spiro atoms. The largest absolute Gasteiger partial charge is 0.266 e. The summed E-state index contributed by atoms with van der Waals surface area (Å²) in [5.41, 5.74) is 0. The number of aromatic nitrogens is 3. The standard InChI is InChI=1S/C14H33P.C2H3N3/c1-5-9-12-15(8-4,13-10-6-2)14-11-7-3;1-2-4-5-3-1/h15H,5-14H2,1-4H3;1-2H,(H,3,4,5). The molecule has 120 valence electrons. The van der Waals surface area contributed by atoms with Crippen molar-refractivity contribution >= 4 is 7.26 Å². The molecule has 0 saturated heterocycles. The van der Waals surface area contributed by atoms with Crippen LogP contribution in [-0.4, -0.2) is 40.1 Å². The Bertz CT molecular complexity index is 236. The molecular weight excluding hydrogens is 265 g/mol. The van der Waals surface area contributed by atoms with Gasteiger partial charge in [-0.1, -0.05) is 5.21 Å². The number of unbranched alkanes of at least 4 members (excludes halogenated alkanes) is 3. The summed E-state index contributed by atoms with van der Waals surface area (Å²) in [6.45, 7) is 9.49. The second kappa shape index (κ2) is 13.5. The van der Waals surface area contributed by atoms with Crippen LogP contribution in [0.1, 0.15) is 66.2 Å². The molecule has 0 bridgehead atoms. The van der Waals surface area contributed by atoms with Gasteiger partial charge in [0.05, 0.1) is 6.20 Å². The van der Waals surface area contributed by atoms with E-state index >= 15 is 0 Å². The molecule has 0 aliphatic heterocycles. The monoisotopic (exact) mass is 301 g/mol. The van der Waals surface area contributed by atoms with E-state index in [1.807, 2.05) is 0 Å². The van der Waals surface area contributed by atoms with Crippen LogP contribution in [0.5, 0.6) is 0 Å². The maximum atomic E-state index is 3.42. The van der Waals surface area contributed by atoms with Crippen molar-refractivity contribution in [3.63, 3.8) is 0 Å². The van der Waals surface area contributed by atoms with Crippen LogP contribution in [0.15, 0.2) is 12.4 Å². The molecule has 0 atom stereocenters. The van der Waals surface area contributed by atoms with Crippen LogP contribution in [0.4, 0.5) is 0 Å². The smallest absolute Gasteiger partial charge is 0.0690 e. The SMILES string of the molecule is CCCC[PH](CC)(CCCC)CCCC.c1c[nH]nn1. The Hall–Kier alpha value is -0.430. The van der Waals surface area contributed by atoms with Gasteiger partial charge in [-0.3, -0.25) is 5.10 Å². The van der Waals surface area contributed by atoms with Crippen LogP contribution < -0.4 is 0 Å². The molecule has 4 heteroatoms. The van der Waals surface area contributed by atoms with Crippen molar-refractivity contribution in [3.8, 4) is 0 Å². The van der Waals surface area contributed by atoms with Crippen LogP contribution in [-0.2, 0) is 0 Å². The van der Waals surface area contributed by atoms with Gasteiger partial charge in [0, 0.05) is 6.20 Å². The van der Waals surface area contributed by atoms with Gasteiger partial charge in [-0.25, -0.2) is 0 Å². The van der Waals surface area contributed by atoms with Gasteiger partial charge in [0.2, 0.25) is 0 Å². The molecule has 0 aliphatic rings. The molecule has 0 saturated carbocycles. The van der Waals surface area contributed by atoms with Crippen molar-refractivity contribution in [3.05, 3.63) is 12.4 Å². The first kappa shape index (κ1) is 19.6. The van der Waals surface area contributed by atoms with Gasteiger partial charge in [0.25, 0.3) is 0 Å². The third-order valence-electron chi connectivity index (χ3n) is 4.26. The zero-order chi connectivity index (χ0) is 15.1. The third kappa shape index (κ3) is 9.47. The summed E-state index contributed by atoms with van der Waals surface area (Å²) in [6, 6.07) is 0. The topological polar surface area (TPSA) is 41.6 Å². The Morgan fingerprint density at radius 1 is 0.850 bits per heavy atom. The summed E-state index contributed by atoms with van der Waals surface area (Å²) in [5.74, 6) is 0. The van der Waals surface area contributed by atoms with Crippen LogP contribution in [0.2, 0.25) is 0 Å². The Balaban J connectivity index is 0.000000595. The summed E-state index contributed by atoms with van der Waals surface area (Å²) < 4.78 is 0. The van der Waals surface area contributed by atoms with E-state index in [0.29, 0.717) is 0 Å². The molecule has 0 fully saturated rings. The average molecular weight is 301 g/mol. The van der Waals surface area contributed by atoms with Crippen molar-refractivity contribution in [2.45, 2.75) is 66.2 Å². The van der Waals surface area contributed by atoms with Crippen LogP contribution >= 0.6 is 7.26 Å². The molecule has 1 heterocycles. The molecular formula is C16H36N3P. The number of H-pyrrole nitrogens is 1. The van der Waals surface area contributed by atoms with Gasteiger partial charge in [0.1, 0.15) is 0 Å². The molecule has 0 aliphatic carbocycles. The summed E-state index contributed by atoms with van der Waals surface area (Å²) in [7, 11) is -0.832. The predicted octanol–water partition coefficient (Wildman–Crippen LogP) is 4.96. The average Bonchev–Trinajstić information content (AvgIpc) is 3.07. The van der Waals surface area contributed by atoms with Crippen molar-refractivity contribution in [1.29, 1.82) is 0 Å². The van der Waals surface area contributed by atoms with Gasteiger partial charge in [0.15, 0.2) is 0 Å². The maximum Gasteiger partial charge on any atom is 0.0690 e. The van der Waals surface area contributed by atoms with E-state index in [1.165, 1.54) is 44.7 Å². The van der Waals surface area contributed by atoms with Crippen molar-refractivity contribution < 1.29 is 0 Å². The Morgan fingerprint density at radius 3 is 1.55 bits per heavy atom. The molecule has 0 aromatic carbocycles.